The van der Waals surface area contributed by atoms with Crippen LogP contribution in [0.15, 0.2) is 66.3 Å². The normalized spacial score (nSPS) is 10.6. The van der Waals surface area contributed by atoms with Crippen LogP contribution in [-0.2, 0) is 24.4 Å². The molecule has 31 heavy (non-hydrogen) atoms. The van der Waals surface area contributed by atoms with Crippen molar-refractivity contribution in [1.82, 2.24) is 20.1 Å². The van der Waals surface area contributed by atoms with E-state index in [4.69, 9.17) is 27.9 Å². The van der Waals surface area contributed by atoms with Crippen molar-refractivity contribution in [1.29, 1.82) is 0 Å². The minimum atomic E-state index is -0.0557. The summed E-state index contributed by atoms with van der Waals surface area (Å²) in [5.74, 6) is 1.30. The Hall–Kier alpha value is -2.48. The highest BCUT2D eigenvalue weighted by Gasteiger charge is 2.14. The van der Waals surface area contributed by atoms with E-state index in [1.165, 1.54) is 17.3 Å². The molecule has 0 atom stereocenters. The number of rotatable bonds is 11. The molecule has 0 aliphatic heterocycles. The fourth-order valence-corrected chi connectivity index (χ4v) is 4.01. The second-order valence-corrected chi connectivity index (χ2v) is 8.32. The Balaban J connectivity index is 1.53. The zero-order valence-corrected chi connectivity index (χ0v) is 19.1. The van der Waals surface area contributed by atoms with Crippen LogP contribution in [0, 0.1) is 0 Å². The van der Waals surface area contributed by atoms with Crippen molar-refractivity contribution < 1.29 is 9.53 Å². The van der Waals surface area contributed by atoms with Gasteiger partial charge < -0.3 is 10.1 Å². The zero-order valence-electron chi connectivity index (χ0n) is 16.8. The Morgan fingerprint density at radius 1 is 1.19 bits per heavy atom. The molecule has 0 fully saturated rings. The average Bonchev–Trinajstić information content (AvgIpc) is 3.14. The van der Waals surface area contributed by atoms with Gasteiger partial charge in [0.2, 0.25) is 5.91 Å². The molecule has 0 saturated heterocycles. The fraction of sp³-hybridized carbons (Fsp3) is 0.227. The topological polar surface area (TPSA) is 69.0 Å². The molecular formula is C22H22Cl2N4O2S. The highest BCUT2D eigenvalue weighted by Crippen LogP contribution is 2.28. The molecule has 0 aliphatic carbocycles. The first-order chi connectivity index (χ1) is 15.1. The van der Waals surface area contributed by atoms with E-state index in [9.17, 15) is 4.79 Å². The first kappa shape index (κ1) is 23.2. The van der Waals surface area contributed by atoms with Gasteiger partial charge in [0.05, 0.1) is 10.8 Å². The van der Waals surface area contributed by atoms with Gasteiger partial charge in [-0.1, -0.05) is 71.4 Å². The number of thioether (sulfide) groups is 1. The number of hydrogen-bond donors (Lipinski definition) is 1. The van der Waals surface area contributed by atoms with Crippen molar-refractivity contribution >= 4 is 40.9 Å². The summed E-state index contributed by atoms with van der Waals surface area (Å²) in [6.07, 6.45) is 2.53. The molecule has 3 aromatic rings. The predicted molar refractivity (Wildman–Crippen MR) is 125 cm³/mol. The highest BCUT2D eigenvalue weighted by molar-refractivity contribution is 7.99. The van der Waals surface area contributed by atoms with Gasteiger partial charge >= 0.3 is 0 Å². The Labute approximate surface area is 195 Å². The first-order valence-corrected chi connectivity index (χ1v) is 11.3. The summed E-state index contributed by atoms with van der Waals surface area (Å²) in [5, 5.41) is 12.9. The third-order valence-corrected chi connectivity index (χ3v) is 5.76. The van der Waals surface area contributed by atoms with Gasteiger partial charge in [0.1, 0.15) is 12.4 Å². The molecule has 6 nitrogen and oxygen atoms in total. The number of aromatic nitrogens is 3. The van der Waals surface area contributed by atoms with Crippen LogP contribution in [0.3, 0.4) is 0 Å². The number of carbonyl (C=O) groups is 1. The SMILES string of the molecule is C=CCn1c(COc2ccc(Cl)cc2Cl)nnc1SCC(=O)NCCc1ccccc1. The summed E-state index contributed by atoms with van der Waals surface area (Å²) in [4.78, 5) is 12.2. The van der Waals surface area contributed by atoms with E-state index in [0.29, 0.717) is 39.9 Å². The maximum Gasteiger partial charge on any atom is 0.230 e. The Morgan fingerprint density at radius 3 is 2.74 bits per heavy atom. The van der Waals surface area contributed by atoms with Gasteiger partial charge in [0, 0.05) is 18.1 Å². The second-order valence-electron chi connectivity index (χ2n) is 6.54. The van der Waals surface area contributed by atoms with Gasteiger partial charge in [-0.15, -0.1) is 16.8 Å². The molecule has 3 rings (SSSR count). The fourth-order valence-electron chi connectivity index (χ4n) is 2.75. The summed E-state index contributed by atoms with van der Waals surface area (Å²) in [5.41, 5.74) is 1.19. The number of carbonyl (C=O) groups excluding carboxylic acids is 1. The molecule has 0 aliphatic rings. The molecular weight excluding hydrogens is 455 g/mol. The predicted octanol–water partition coefficient (Wildman–Crippen LogP) is 4.80. The third kappa shape index (κ3) is 7.02. The van der Waals surface area contributed by atoms with Crippen molar-refractivity contribution in [2.45, 2.75) is 24.7 Å². The number of nitrogens with one attached hydrogen (secondary N) is 1. The molecule has 1 amide bonds. The van der Waals surface area contributed by atoms with E-state index in [2.05, 4.69) is 22.1 Å². The lowest BCUT2D eigenvalue weighted by Crippen LogP contribution is -2.27. The number of nitrogens with zero attached hydrogens (tertiary/aromatic N) is 3. The number of benzene rings is 2. The van der Waals surface area contributed by atoms with E-state index >= 15 is 0 Å². The summed E-state index contributed by atoms with van der Waals surface area (Å²) in [7, 11) is 0. The van der Waals surface area contributed by atoms with Crippen LogP contribution in [0.2, 0.25) is 10.0 Å². The number of amides is 1. The van der Waals surface area contributed by atoms with Gasteiger partial charge in [-0.2, -0.15) is 0 Å². The maximum absolute atomic E-state index is 12.2. The molecule has 162 valence electrons. The van der Waals surface area contributed by atoms with Crippen LogP contribution in [0.5, 0.6) is 5.75 Å². The molecule has 0 radical (unpaired) electrons. The lowest BCUT2D eigenvalue weighted by atomic mass is 10.1. The van der Waals surface area contributed by atoms with Gasteiger partial charge in [-0.05, 0) is 30.2 Å². The molecule has 1 N–H and O–H groups in total. The summed E-state index contributed by atoms with van der Waals surface area (Å²) in [6, 6.07) is 15.1. The van der Waals surface area contributed by atoms with Crippen LogP contribution in [0.1, 0.15) is 11.4 Å². The summed E-state index contributed by atoms with van der Waals surface area (Å²) < 4.78 is 7.62. The minimum Gasteiger partial charge on any atom is -0.484 e. The number of halogens is 2. The van der Waals surface area contributed by atoms with Crippen molar-refractivity contribution in [3.8, 4) is 5.75 Å². The van der Waals surface area contributed by atoms with Crippen LogP contribution < -0.4 is 10.1 Å². The maximum atomic E-state index is 12.2. The van der Waals surface area contributed by atoms with Crippen LogP contribution in [0.25, 0.3) is 0 Å². The molecule has 0 saturated carbocycles. The van der Waals surface area contributed by atoms with Crippen molar-refractivity contribution in [2.24, 2.45) is 0 Å². The smallest absolute Gasteiger partial charge is 0.230 e. The largest absolute Gasteiger partial charge is 0.484 e. The van der Waals surface area contributed by atoms with Crippen LogP contribution in [-0.4, -0.2) is 33.0 Å². The molecule has 0 bridgehead atoms. The Kier molecular flexibility index (Phi) is 8.82. The lowest BCUT2D eigenvalue weighted by Gasteiger charge is -2.10. The number of ether oxygens (including phenoxy) is 1. The van der Waals surface area contributed by atoms with Gasteiger partial charge in [0.15, 0.2) is 11.0 Å². The third-order valence-electron chi connectivity index (χ3n) is 4.27. The van der Waals surface area contributed by atoms with E-state index < -0.39 is 0 Å². The van der Waals surface area contributed by atoms with Crippen molar-refractivity contribution in [3.05, 3.63) is 82.6 Å². The summed E-state index contributed by atoms with van der Waals surface area (Å²) >= 11 is 13.4. The Morgan fingerprint density at radius 2 is 2.00 bits per heavy atom. The van der Waals surface area contributed by atoms with Gasteiger partial charge in [-0.25, -0.2) is 0 Å². The number of hydrogen-bond acceptors (Lipinski definition) is 5. The van der Waals surface area contributed by atoms with Crippen molar-refractivity contribution in [3.63, 3.8) is 0 Å². The lowest BCUT2D eigenvalue weighted by molar-refractivity contribution is -0.118. The number of allylic oxidation sites excluding steroid dienone is 1. The molecule has 0 spiro atoms. The molecule has 1 heterocycles. The van der Waals surface area contributed by atoms with Crippen LogP contribution in [0.4, 0.5) is 0 Å². The minimum absolute atomic E-state index is 0.0557. The molecule has 1 aromatic heterocycles. The molecule has 0 unspecified atom stereocenters. The van der Waals surface area contributed by atoms with E-state index in [1.807, 2.05) is 34.9 Å². The first-order valence-electron chi connectivity index (χ1n) is 9.61. The molecule has 9 heteroatoms. The van der Waals surface area contributed by atoms with E-state index in [1.54, 1.807) is 24.3 Å². The van der Waals surface area contributed by atoms with Gasteiger partial charge in [0.25, 0.3) is 0 Å². The summed E-state index contributed by atoms with van der Waals surface area (Å²) in [6.45, 7) is 5.04. The van der Waals surface area contributed by atoms with E-state index in [0.717, 1.165) is 6.42 Å². The second kappa shape index (κ2) is 11.8. The zero-order chi connectivity index (χ0) is 22.1. The molecule has 2 aromatic carbocycles. The van der Waals surface area contributed by atoms with E-state index in [-0.39, 0.29) is 18.3 Å². The average molecular weight is 477 g/mol. The standard InChI is InChI=1S/C22H22Cl2N4O2S/c1-2-12-28-20(14-30-19-9-8-17(23)13-18(19)24)26-27-22(28)31-15-21(29)25-11-10-16-6-4-3-5-7-16/h2-9,13H,1,10-12,14-15H2,(H,25,29). The highest BCUT2D eigenvalue weighted by atomic mass is 35.5. The van der Waals surface area contributed by atoms with Crippen molar-refractivity contribution in [2.75, 3.05) is 12.3 Å². The van der Waals surface area contributed by atoms with Gasteiger partial charge in [-0.3, -0.25) is 9.36 Å². The van der Waals surface area contributed by atoms with Crippen LogP contribution >= 0.6 is 35.0 Å². The monoisotopic (exact) mass is 476 g/mol. The quantitative estimate of drug-likeness (QED) is 0.317. The Bertz CT molecular complexity index is 1030.